The zero-order valence-electron chi connectivity index (χ0n) is 15.0. The van der Waals surface area contributed by atoms with Gasteiger partial charge in [-0.2, -0.15) is 5.10 Å². The van der Waals surface area contributed by atoms with Crippen LogP contribution in [0.25, 0.3) is 11.3 Å². The second kappa shape index (κ2) is 8.27. The first-order valence-electron chi connectivity index (χ1n) is 8.75. The molecule has 1 aromatic carbocycles. The molecule has 0 radical (unpaired) electrons. The summed E-state index contributed by atoms with van der Waals surface area (Å²) in [7, 11) is 3.41. The number of carbonyl (C=O) groups excluding carboxylic acids is 1. The lowest BCUT2D eigenvalue weighted by atomic mass is 10.1. The van der Waals surface area contributed by atoms with E-state index in [0.717, 1.165) is 50.4 Å². The molecule has 1 saturated heterocycles. The van der Waals surface area contributed by atoms with E-state index in [1.54, 1.807) is 0 Å². The van der Waals surface area contributed by atoms with Crippen LogP contribution in [0.3, 0.4) is 0 Å². The molecule has 6 heteroatoms. The van der Waals surface area contributed by atoms with Crippen molar-refractivity contribution in [3.05, 3.63) is 42.1 Å². The molecule has 134 valence electrons. The molecule has 0 spiro atoms. The number of benzene rings is 1. The fraction of sp³-hybridized carbons (Fsp3) is 0.474. The van der Waals surface area contributed by atoms with Crippen LogP contribution < -0.4 is 0 Å². The van der Waals surface area contributed by atoms with Gasteiger partial charge in [0.15, 0.2) is 0 Å². The third-order valence-corrected chi connectivity index (χ3v) is 4.61. The molecule has 1 aliphatic heterocycles. The molecule has 25 heavy (non-hydrogen) atoms. The lowest BCUT2D eigenvalue weighted by Gasteiger charge is -2.21. The Morgan fingerprint density at radius 3 is 2.60 bits per heavy atom. The number of rotatable bonds is 5. The third kappa shape index (κ3) is 4.67. The highest BCUT2D eigenvalue weighted by atomic mass is 16.5. The van der Waals surface area contributed by atoms with Crippen molar-refractivity contribution in [2.75, 3.05) is 39.8 Å². The number of hydrogen-bond acceptors (Lipinski definition) is 5. The summed E-state index contributed by atoms with van der Waals surface area (Å²) in [6, 6.07) is 10.3. The van der Waals surface area contributed by atoms with E-state index in [9.17, 15) is 4.79 Å². The zero-order valence-corrected chi connectivity index (χ0v) is 15.0. The van der Waals surface area contributed by atoms with E-state index in [-0.39, 0.29) is 5.97 Å². The molecule has 0 amide bonds. The van der Waals surface area contributed by atoms with E-state index >= 15 is 0 Å². The molecule has 1 fully saturated rings. The van der Waals surface area contributed by atoms with E-state index < -0.39 is 0 Å². The monoisotopic (exact) mass is 342 g/mol. The molecule has 0 aliphatic carbocycles. The second-order valence-electron chi connectivity index (χ2n) is 6.52. The summed E-state index contributed by atoms with van der Waals surface area (Å²) in [5, 5.41) is 4.65. The van der Waals surface area contributed by atoms with Gasteiger partial charge in [0.2, 0.25) is 0 Å². The lowest BCUT2D eigenvalue weighted by molar-refractivity contribution is -0.141. The maximum atomic E-state index is 11.5. The average Bonchev–Trinajstić information content (AvgIpc) is 2.85. The number of esters is 1. The van der Waals surface area contributed by atoms with Gasteiger partial charge in [-0.25, -0.2) is 0 Å². The van der Waals surface area contributed by atoms with Gasteiger partial charge in [-0.15, -0.1) is 0 Å². The zero-order chi connectivity index (χ0) is 17.6. The van der Waals surface area contributed by atoms with Crippen LogP contribution in [0.4, 0.5) is 0 Å². The largest absolute Gasteiger partial charge is 0.468 e. The normalized spacial score (nSPS) is 16.6. The summed E-state index contributed by atoms with van der Waals surface area (Å²) in [6.45, 7) is 5.05. The fourth-order valence-corrected chi connectivity index (χ4v) is 3.32. The Labute approximate surface area is 149 Å². The minimum Gasteiger partial charge on any atom is -0.468 e. The van der Waals surface area contributed by atoms with Crippen molar-refractivity contribution < 1.29 is 9.53 Å². The van der Waals surface area contributed by atoms with Crippen LogP contribution >= 0.6 is 0 Å². The molecule has 6 nitrogen and oxygen atoms in total. The van der Waals surface area contributed by atoms with Gasteiger partial charge in [0.1, 0.15) is 0 Å². The van der Waals surface area contributed by atoms with E-state index in [4.69, 9.17) is 4.74 Å². The van der Waals surface area contributed by atoms with Crippen LogP contribution in [0, 0.1) is 0 Å². The van der Waals surface area contributed by atoms with Gasteiger partial charge in [0, 0.05) is 50.6 Å². The van der Waals surface area contributed by atoms with Crippen molar-refractivity contribution in [3.63, 3.8) is 0 Å². The van der Waals surface area contributed by atoms with Gasteiger partial charge in [0.25, 0.3) is 0 Å². The summed E-state index contributed by atoms with van der Waals surface area (Å²) in [5.41, 5.74) is 3.45. The SMILES string of the molecule is COC(=O)CN1CCCN(Cc2cn(C)nc2-c2ccccc2)CC1. The lowest BCUT2D eigenvalue weighted by Crippen LogP contribution is -2.34. The Hall–Kier alpha value is -2.18. The summed E-state index contributed by atoms with van der Waals surface area (Å²) >= 11 is 0. The fourth-order valence-electron chi connectivity index (χ4n) is 3.32. The number of methoxy groups -OCH3 is 1. The molecule has 0 saturated carbocycles. The van der Waals surface area contributed by atoms with Crippen LogP contribution in [0.2, 0.25) is 0 Å². The van der Waals surface area contributed by atoms with Crippen LogP contribution in [0.5, 0.6) is 0 Å². The van der Waals surface area contributed by atoms with Gasteiger partial charge < -0.3 is 4.74 Å². The van der Waals surface area contributed by atoms with Gasteiger partial charge in [-0.3, -0.25) is 19.3 Å². The van der Waals surface area contributed by atoms with Crippen LogP contribution in [-0.2, 0) is 23.1 Å². The molecule has 2 heterocycles. The van der Waals surface area contributed by atoms with Crippen molar-refractivity contribution in [1.29, 1.82) is 0 Å². The Bertz CT molecular complexity index is 699. The Morgan fingerprint density at radius 2 is 1.84 bits per heavy atom. The first-order valence-corrected chi connectivity index (χ1v) is 8.75. The van der Waals surface area contributed by atoms with Gasteiger partial charge in [0.05, 0.1) is 19.3 Å². The van der Waals surface area contributed by atoms with E-state index in [1.807, 2.05) is 29.9 Å². The predicted octanol–water partition coefficient (Wildman–Crippen LogP) is 1.77. The smallest absolute Gasteiger partial charge is 0.319 e. The summed E-state index contributed by atoms with van der Waals surface area (Å²) < 4.78 is 6.67. The van der Waals surface area contributed by atoms with Crippen LogP contribution in [0.15, 0.2) is 36.5 Å². The van der Waals surface area contributed by atoms with E-state index in [2.05, 4.69) is 33.2 Å². The highest BCUT2D eigenvalue weighted by Gasteiger charge is 2.19. The Balaban J connectivity index is 1.66. The number of hydrogen-bond donors (Lipinski definition) is 0. The van der Waals surface area contributed by atoms with E-state index in [0.29, 0.717) is 6.54 Å². The predicted molar refractivity (Wildman–Crippen MR) is 97.0 cm³/mol. The molecule has 0 unspecified atom stereocenters. The molecular weight excluding hydrogens is 316 g/mol. The molecule has 1 aliphatic rings. The maximum Gasteiger partial charge on any atom is 0.319 e. The quantitative estimate of drug-likeness (QED) is 0.775. The Kier molecular flexibility index (Phi) is 5.83. The number of aryl methyl sites for hydroxylation is 1. The average molecular weight is 342 g/mol. The van der Waals surface area contributed by atoms with Crippen molar-refractivity contribution in [2.45, 2.75) is 13.0 Å². The minimum absolute atomic E-state index is 0.160. The molecule has 0 N–H and O–H groups in total. The van der Waals surface area contributed by atoms with Crippen molar-refractivity contribution in [3.8, 4) is 11.3 Å². The number of ether oxygens (including phenoxy) is 1. The summed E-state index contributed by atoms with van der Waals surface area (Å²) in [6.07, 6.45) is 3.16. The number of carbonyl (C=O) groups is 1. The molecule has 0 bridgehead atoms. The van der Waals surface area contributed by atoms with Crippen molar-refractivity contribution in [1.82, 2.24) is 19.6 Å². The topological polar surface area (TPSA) is 50.6 Å². The highest BCUT2D eigenvalue weighted by molar-refractivity contribution is 5.71. The van der Waals surface area contributed by atoms with Crippen molar-refractivity contribution >= 4 is 5.97 Å². The number of nitrogens with zero attached hydrogens (tertiary/aromatic N) is 4. The molecule has 0 atom stereocenters. The number of aromatic nitrogens is 2. The summed E-state index contributed by atoms with van der Waals surface area (Å²) in [4.78, 5) is 16.1. The summed E-state index contributed by atoms with van der Waals surface area (Å²) in [5.74, 6) is -0.160. The second-order valence-corrected chi connectivity index (χ2v) is 6.52. The Morgan fingerprint density at radius 1 is 1.12 bits per heavy atom. The molecule has 2 aromatic rings. The molecule has 3 rings (SSSR count). The molecular formula is C19H26N4O2. The van der Waals surface area contributed by atoms with Crippen molar-refractivity contribution in [2.24, 2.45) is 7.05 Å². The van der Waals surface area contributed by atoms with Crippen LogP contribution in [-0.4, -0.2) is 65.4 Å². The first-order chi connectivity index (χ1) is 12.2. The third-order valence-electron chi connectivity index (χ3n) is 4.61. The van der Waals surface area contributed by atoms with Crippen LogP contribution in [0.1, 0.15) is 12.0 Å². The highest BCUT2D eigenvalue weighted by Crippen LogP contribution is 2.23. The van der Waals surface area contributed by atoms with E-state index in [1.165, 1.54) is 12.7 Å². The standard InChI is InChI=1S/C19H26N4O2/c1-21-13-17(19(20-21)16-7-4-3-5-8-16)14-22-9-6-10-23(12-11-22)15-18(24)25-2/h3-5,7-8,13H,6,9-12,14-15H2,1-2H3. The van der Waals surface area contributed by atoms with Gasteiger partial charge in [-0.1, -0.05) is 30.3 Å². The first kappa shape index (κ1) is 17.6. The molecule has 1 aromatic heterocycles. The van der Waals surface area contributed by atoms with Gasteiger partial charge >= 0.3 is 5.97 Å². The maximum absolute atomic E-state index is 11.5. The van der Waals surface area contributed by atoms with Gasteiger partial charge in [-0.05, 0) is 13.0 Å². The minimum atomic E-state index is -0.160.